The molecule has 120 valence electrons. The van der Waals surface area contributed by atoms with Crippen LogP contribution in [0.25, 0.3) is 0 Å². The van der Waals surface area contributed by atoms with E-state index in [0.717, 1.165) is 11.3 Å². The lowest BCUT2D eigenvalue weighted by Gasteiger charge is -2.16. The molecule has 0 fully saturated rings. The highest BCUT2D eigenvalue weighted by Crippen LogP contribution is 2.12. The van der Waals surface area contributed by atoms with E-state index in [-0.39, 0.29) is 6.10 Å². The van der Waals surface area contributed by atoms with Crippen LogP contribution in [0.1, 0.15) is 33.3 Å². The van der Waals surface area contributed by atoms with Crippen molar-refractivity contribution in [1.82, 2.24) is 10.3 Å². The number of rotatable bonds is 6. The predicted octanol–water partition coefficient (Wildman–Crippen LogP) is 1.79. The van der Waals surface area contributed by atoms with Crippen molar-refractivity contribution in [3.05, 3.63) is 29.8 Å². The largest absolute Gasteiger partial charge is 0.491 e. The molecule has 0 aliphatic carbocycles. The number of carbonyl (C=O) groups is 2. The third-order valence-corrected chi connectivity index (χ3v) is 2.88. The summed E-state index contributed by atoms with van der Waals surface area (Å²) in [6.45, 7) is 8.53. The van der Waals surface area contributed by atoms with Gasteiger partial charge in [-0.25, -0.2) is 5.43 Å². The van der Waals surface area contributed by atoms with Crippen molar-refractivity contribution in [2.45, 2.75) is 33.8 Å². The van der Waals surface area contributed by atoms with Gasteiger partial charge in [0.15, 0.2) is 0 Å². The predicted molar refractivity (Wildman–Crippen MR) is 85.9 cm³/mol. The Hall–Kier alpha value is -2.37. The van der Waals surface area contributed by atoms with E-state index < -0.39 is 11.8 Å². The van der Waals surface area contributed by atoms with E-state index in [0.29, 0.717) is 13.1 Å². The number of ether oxygens (including phenoxy) is 1. The van der Waals surface area contributed by atoms with Crippen LogP contribution >= 0.6 is 0 Å². The fourth-order valence-corrected chi connectivity index (χ4v) is 1.77. The molecule has 1 aromatic rings. The van der Waals surface area contributed by atoms with Crippen LogP contribution in [-0.2, 0) is 9.59 Å². The molecule has 6 nitrogen and oxygen atoms in total. The van der Waals surface area contributed by atoms with Gasteiger partial charge in [-0.15, -0.1) is 0 Å². The second kappa shape index (κ2) is 8.81. The maximum atomic E-state index is 11.7. The van der Waals surface area contributed by atoms with Gasteiger partial charge < -0.3 is 9.64 Å². The summed E-state index contributed by atoms with van der Waals surface area (Å²) >= 11 is 0. The Balaban J connectivity index is 2.55. The van der Waals surface area contributed by atoms with Gasteiger partial charge in [0, 0.05) is 13.1 Å². The fourth-order valence-electron chi connectivity index (χ4n) is 1.77. The van der Waals surface area contributed by atoms with Gasteiger partial charge in [0.1, 0.15) is 5.75 Å². The minimum atomic E-state index is -0.736. The summed E-state index contributed by atoms with van der Waals surface area (Å²) in [5.74, 6) is -0.546. The van der Waals surface area contributed by atoms with Gasteiger partial charge in [0.05, 0.1) is 12.3 Å². The summed E-state index contributed by atoms with van der Waals surface area (Å²) in [4.78, 5) is 24.8. The number of hydrogen-bond acceptors (Lipinski definition) is 4. The lowest BCUT2D eigenvalue weighted by molar-refractivity contribution is -0.145. The molecule has 1 N–H and O–H groups in total. The highest BCUT2D eigenvalue weighted by molar-refractivity contribution is 6.34. The summed E-state index contributed by atoms with van der Waals surface area (Å²) in [7, 11) is 0. The Morgan fingerprint density at radius 1 is 1.23 bits per heavy atom. The Bertz CT molecular complexity index is 520. The number of nitrogens with one attached hydrogen (secondary N) is 1. The van der Waals surface area contributed by atoms with Crippen LogP contribution in [0.3, 0.4) is 0 Å². The molecule has 2 amide bonds. The quantitative estimate of drug-likeness (QED) is 0.495. The van der Waals surface area contributed by atoms with E-state index in [9.17, 15) is 9.59 Å². The highest BCUT2D eigenvalue weighted by Gasteiger charge is 2.18. The zero-order valence-corrected chi connectivity index (χ0v) is 13.5. The minimum absolute atomic E-state index is 0.116. The molecule has 0 aromatic heterocycles. The molecule has 0 aliphatic heterocycles. The molecule has 0 spiro atoms. The lowest BCUT2D eigenvalue weighted by Crippen LogP contribution is -2.41. The number of benzene rings is 1. The second-order valence-electron chi connectivity index (χ2n) is 4.91. The Kier molecular flexibility index (Phi) is 7.08. The Labute approximate surface area is 131 Å². The number of nitrogens with zero attached hydrogens (tertiary/aromatic N) is 2. The molecule has 0 bridgehead atoms. The Morgan fingerprint density at radius 2 is 1.82 bits per heavy atom. The third kappa shape index (κ3) is 5.55. The fraction of sp³-hybridized carbons (Fsp3) is 0.438. The average Bonchev–Trinajstić information content (AvgIpc) is 2.49. The molecule has 6 heteroatoms. The van der Waals surface area contributed by atoms with E-state index in [2.05, 4.69) is 10.5 Å². The molecule has 22 heavy (non-hydrogen) atoms. The molecule has 0 saturated carbocycles. The average molecular weight is 305 g/mol. The van der Waals surface area contributed by atoms with Gasteiger partial charge in [0.25, 0.3) is 0 Å². The van der Waals surface area contributed by atoms with Crippen LogP contribution in [-0.4, -0.2) is 42.1 Å². The van der Waals surface area contributed by atoms with Crippen molar-refractivity contribution >= 4 is 18.0 Å². The standard InChI is InChI=1S/C16H23N3O3/c1-5-19(6-2)16(21)15(20)18-17-11-13-7-9-14(10-8-13)22-12(3)4/h7-12H,5-6H2,1-4H3,(H,18,20)/b17-11+. The molecule has 0 heterocycles. The van der Waals surface area contributed by atoms with Crippen molar-refractivity contribution in [1.29, 1.82) is 0 Å². The van der Waals surface area contributed by atoms with E-state index in [1.807, 2.05) is 52.0 Å². The summed E-state index contributed by atoms with van der Waals surface area (Å²) in [5.41, 5.74) is 3.03. The first kappa shape index (κ1) is 17.7. The number of hydrogen-bond donors (Lipinski definition) is 1. The van der Waals surface area contributed by atoms with Gasteiger partial charge in [-0.05, 0) is 57.5 Å². The normalized spacial score (nSPS) is 10.8. The number of carbonyl (C=O) groups excluding carboxylic acids is 2. The van der Waals surface area contributed by atoms with Gasteiger partial charge in [-0.1, -0.05) is 0 Å². The molecule has 0 atom stereocenters. The monoisotopic (exact) mass is 305 g/mol. The van der Waals surface area contributed by atoms with Gasteiger partial charge >= 0.3 is 11.8 Å². The van der Waals surface area contributed by atoms with Crippen LogP contribution < -0.4 is 10.2 Å². The number of amides is 2. The summed E-state index contributed by atoms with van der Waals surface area (Å²) in [5, 5.41) is 3.79. The molecule has 0 radical (unpaired) electrons. The Morgan fingerprint density at radius 3 is 2.32 bits per heavy atom. The van der Waals surface area contributed by atoms with Crippen molar-refractivity contribution < 1.29 is 14.3 Å². The van der Waals surface area contributed by atoms with Gasteiger partial charge in [-0.3, -0.25) is 9.59 Å². The minimum Gasteiger partial charge on any atom is -0.491 e. The van der Waals surface area contributed by atoms with Crippen LogP contribution in [0.5, 0.6) is 5.75 Å². The number of hydrazone groups is 1. The first-order valence-electron chi connectivity index (χ1n) is 7.36. The maximum absolute atomic E-state index is 11.7. The topological polar surface area (TPSA) is 71.0 Å². The van der Waals surface area contributed by atoms with Crippen molar-refractivity contribution in [2.75, 3.05) is 13.1 Å². The summed E-state index contributed by atoms with van der Waals surface area (Å²) in [6.07, 6.45) is 1.59. The van der Waals surface area contributed by atoms with Gasteiger partial charge in [0.2, 0.25) is 0 Å². The zero-order valence-electron chi connectivity index (χ0n) is 13.5. The summed E-state index contributed by atoms with van der Waals surface area (Å²) < 4.78 is 5.53. The molecule has 0 aliphatic rings. The molecule has 1 rings (SSSR count). The van der Waals surface area contributed by atoms with Crippen molar-refractivity contribution in [3.63, 3.8) is 0 Å². The van der Waals surface area contributed by atoms with Crippen LogP contribution in [0.4, 0.5) is 0 Å². The van der Waals surface area contributed by atoms with Crippen LogP contribution in [0.2, 0.25) is 0 Å². The summed E-state index contributed by atoms with van der Waals surface area (Å²) in [6, 6.07) is 7.29. The lowest BCUT2D eigenvalue weighted by atomic mass is 10.2. The molecular formula is C16H23N3O3. The van der Waals surface area contributed by atoms with E-state index >= 15 is 0 Å². The van der Waals surface area contributed by atoms with E-state index in [1.165, 1.54) is 11.1 Å². The SMILES string of the molecule is CCN(CC)C(=O)C(=O)N/N=C/c1ccc(OC(C)C)cc1. The number of likely N-dealkylation sites (N-methyl/N-ethyl adjacent to an activating group) is 1. The maximum Gasteiger partial charge on any atom is 0.329 e. The molecule has 0 unspecified atom stereocenters. The first-order valence-corrected chi connectivity index (χ1v) is 7.36. The second-order valence-corrected chi connectivity index (χ2v) is 4.91. The van der Waals surface area contributed by atoms with Crippen LogP contribution in [0.15, 0.2) is 29.4 Å². The van der Waals surface area contributed by atoms with E-state index in [1.54, 1.807) is 0 Å². The molecule has 1 aromatic carbocycles. The van der Waals surface area contributed by atoms with E-state index in [4.69, 9.17) is 4.74 Å². The van der Waals surface area contributed by atoms with Gasteiger partial charge in [-0.2, -0.15) is 5.10 Å². The zero-order chi connectivity index (χ0) is 16.5. The van der Waals surface area contributed by atoms with Crippen molar-refractivity contribution in [2.24, 2.45) is 5.10 Å². The first-order chi connectivity index (χ1) is 10.5. The van der Waals surface area contributed by atoms with Crippen molar-refractivity contribution in [3.8, 4) is 5.75 Å². The highest BCUT2D eigenvalue weighted by atomic mass is 16.5. The molecular weight excluding hydrogens is 282 g/mol. The third-order valence-electron chi connectivity index (χ3n) is 2.88. The smallest absolute Gasteiger partial charge is 0.329 e. The van der Waals surface area contributed by atoms with Crippen LogP contribution in [0, 0.1) is 0 Å². The molecule has 0 saturated heterocycles.